The molecule has 3 rings (SSSR count). The number of nitrogens with zero attached hydrogens (tertiary/aromatic N) is 1. The Kier molecular flexibility index (Phi) is 2.79. The van der Waals surface area contributed by atoms with E-state index < -0.39 is 0 Å². The predicted molar refractivity (Wildman–Crippen MR) is 89.0 cm³/mol. The molecule has 0 saturated heterocycles. The SMILES string of the molecule is [C-]#[N+]c1cccc2c1-c1ccc(C(C)(C)C)cc1C2(C)C. The molecule has 1 aliphatic carbocycles. The average Bonchev–Trinajstić information content (AvgIpc) is 2.66. The van der Waals surface area contributed by atoms with Crippen molar-refractivity contribution < 1.29 is 0 Å². The fraction of sp³-hybridized carbons (Fsp3) is 0.350. The van der Waals surface area contributed by atoms with E-state index in [2.05, 4.69) is 63.7 Å². The third-order valence-electron chi connectivity index (χ3n) is 4.66. The highest BCUT2D eigenvalue weighted by Gasteiger charge is 2.37. The minimum Gasteiger partial charge on any atom is -0.238 e. The molecule has 0 spiro atoms. The molecule has 0 aromatic heterocycles. The van der Waals surface area contributed by atoms with E-state index >= 15 is 0 Å². The highest BCUT2D eigenvalue weighted by Crippen LogP contribution is 2.52. The summed E-state index contributed by atoms with van der Waals surface area (Å²) in [6.45, 7) is 18.7. The highest BCUT2D eigenvalue weighted by atomic mass is 14.7. The van der Waals surface area contributed by atoms with Gasteiger partial charge < -0.3 is 0 Å². The molecule has 2 aromatic carbocycles. The lowest BCUT2D eigenvalue weighted by Crippen LogP contribution is -2.17. The summed E-state index contributed by atoms with van der Waals surface area (Å²) in [5.74, 6) is 0. The van der Waals surface area contributed by atoms with Crippen LogP contribution in [-0.4, -0.2) is 0 Å². The fourth-order valence-electron chi connectivity index (χ4n) is 3.33. The summed E-state index contributed by atoms with van der Waals surface area (Å²) in [6, 6.07) is 12.9. The van der Waals surface area contributed by atoms with Crippen molar-refractivity contribution in [2.45, 2.75) is 45.4 Å². The maximum absolute atomic E-state index is 7.45. The third-order valence-corrected chi connectivity index (χ3v) is 4.66. The number of benzene rings is 2. The van der Waals surface area contributed by atoms with Gasteiger partial charge in [-0.2, -0.15) is 0 Å². The quantitative estimate of drug-likeness (QED) is 0.532. The van der Waals surface area contributed by atoms with Crippen molar-refractivity contribution in [2.75, 3.05) is 0 Å². The zero-order chi connectivity index (χ0) is 15.4. The molecule has 0 aliphatic heterocycles. The van der Waals surface area contributed by atoms with Crippen LogP contribution in [0, 0.1) is 6.57 Å². The van der Waals surface area contributed by atoms with Crippen molar-refractivity contribution >= 4 is 5.69 Å². The topological polar surface area (TPSA) is 4.36 Å². The first kappa shape index (κ1) is 13.9. The fourth-order valence-corrected chi connectivity index (χ4v) is 3.33. The summed E-state index contributed by atoms with van der Waals surface area (Å²) in [6.07, 6.45) is 0. The molecule has 21 heavy (non-hydrogen) atoms. The van der Waals surface area contributed by atoms with Crippen LogP contribution in [0.2, 0.25) is 0 Å². The second kappa shape index (κ2) is 4.21. The Bertz CT molecular complexity index is 767. The molecule has 0 heterocycles. The van der Waals surface area contributed by atoms with Gasteiger partial charge in [-0.1, -0.05) is 71.0 Å². The average molecular weight is 275 g/mol. The first-order chi connectivity index (χ1) is 9.76. The zero-order valence-electron chi connectivity index (χ0n) is 13.4. The van der Waals surface area contributed by atoms with Crippen molar-refractivity contribution in [3.63, 3.8) is 0 Å². The summed E-state index contributed by atoms with van der Waals surface area (Å²) < 4.78 is 0. The van der Waals surface area contributed by atoms with Crippen LogP contribution < -0.4 is 0 Å². The van der Waals surface area contributed by atoms with Gasteiger partial charge in [0.25, 0.3) is 0 Å². The largest absolute Gasteiger partial charge is 0.238 e. The molecule has 0 atom stereocenters. The molecule has 1 aliphatic rings. The molecular formula is C20H21N. The Labute approximate surface area is 127 Å². The van der Waals surface area contributed by atoms with Crippen molar-refractivity contribution in [3.05, 3.63) is 64.5 Å². The molecule has 1 nitrogen and oxygen atoms in total. The molecule has 0 fully saturated rings. The molecule has 0 N–H and O–H groups in total. The van der Waals surface area contributed by atoms with Crippen LogP contribution in [0.25, 0.3) is 16.0 Å². The second-order valence-corrected chi connectivity index (χ2v) is 7.45. The van der Waals surface area contributed by atoms with Gasteiger partial charge in [-0.3, -0.25) is 0 Å². The van der Waals surface area contributed by atoms with E-state index in [1.165, 1.54) is 22.3 Å². The van der Waals surface area contributed by atoms with E-state index in [-0.39, 0.29) is 10.8 Å². The monoisotopic (exact) mass is 275 g/mol. The molecule has 0 saturated carbocycles. The van der Waals surface area contributed by atoms with E-state index in [1.54, 1.807) is 0 Å². The van der Waals surface area contributed by atoms with E-state index in [0.717, 1.165) is 11.3 Å². The van der Waals surface area contributed by atoms with Crippen molar-refractivity contribution in [1.82, 2.24) is 0 Å². The summed E-state index contributed by atoms with van der Waals surface area (Å²) in [4.78, 5) is 3.73. The van der Waals surface area contributed by atoms with Crippen LogP contribution in [0.1, 0.15) is 51.3 Å². The van der Waals surface area contributed by atoms with Crippen molar-refractivity contribution in [2.24, 2.45) is 0 Å². The summed E-state index contributed by atoms with van der Waals surface area (Å²) in [5.41, 5.74) is 7.21. The normalized spacial score (nSPS) is 15.2. The minimum absolute atomic E-state index is 0.0351. The van der Waals surface area contributed by atoms with Gasteiger partial charge in [-0.25, -0.2) is 4.85 Å². The molecule has 0 amide bonds. The minimum atomic E-state index is -0.0351. The van der Waals surface area contributed by atoms with Gasteiger partial charge >= 0.3 is 0 Å². The van der Waals surface area contributed by atoms with Crippen LogP contribution in [-0.2, 0) is 10.8 Å². The van der Waals surface area contributed by atoms with Gasteiger partial charge in [-0.05, 0) is 33.2 Å². The van der Waals surface area contributed by atoms with Crippen LogP contribution in [0.15, 0.2) is 36.4 Å². The molecule has 0 radical (unpaired) electrons. The lowest BCUT2D eigenvalue weighted by Gasteiger charge is -2.25. The predicted octanol–water partition coefficient (Wildman–Crippen LogP) is 5.84. The van der Waals surface area contributed by atoms with Crippen LogP contribution in [0.4, 0.5) is 5.69 Å². The summed E-state index contributed by atoms with van der Waals surface area (Å²) in [5, 5.41) is 0. The maximum atomic E-state index is 7.45. The van der Waals surface area contributed by atoms with E-state index in [0.29, 0.717) is 0 Å². The molecule has 106 valence electrons. The number of hydrogen-bond acceptors (Lipinski definition) is 0. The Hall–Kier alpha value is -2.07. The standard InChI is InChI=1S/C20H21N/c1-19(2,3)13-10-11-14-16(12-13)20(4,5)15-8-7-9-17(21-6)18(14)15/h7-12H,1-5H3. The van der Waals surface area contributed by atoms with Crippen LogP contribution in [0.5, 0.6) is 0 Å². The van der Waals surface area contributed by atoms with Gasteiger partial charge in [0.15, 0.2) is 5.69 Å². The first-order valence-electron chi connectivity index (χ1n) is 7.43. The molecule has 0 bridgehead atoms. The lowest BCUT2D eigenvalue weighted by molar-refractivity contribution is 0.584. The number of hydrogen-bond donors (Lipinski definition) is 0. The molecule has 1 heteroatoms. The second-order valence-electron chi connectivity index (χ2n) is 7.45. The third kappa shape index (κ3) is 1.90. The maximum Gasteiger partial charge on any atom is 0.195 e. The van der Waals surface area contributed by atoms with Gasteiger partial charge in [-0.15, -0.1) is 0 Å². The number of rotatable bonds is 0. The molecule has 2 aromatic rings. The molecule has 0 unspecified atom stereocenters. The first-order valence-corrected chi connectivity index (χ1v) is 7.43. The Morgan fingerprint density at radius 3 is 2.33 bits per heavy atom. The Morgan fingerprint density at radius 2 is 1.71 bits per heavy atom. The summed E-state index contributed by atoms with van der Waals surface area (Å²) >= 11 is 0. The van der Waals surface area contributed by atoms with Crippen LogP contribution >= 0.6 is 0 Å². The van der Waals surface area contributed by atoms with E-state index in [9.17, 15) is 0 Å². The Morgan fingerprint density at radius 1 is 1.00 bits per heavy atom. The smallest absolute Gasteiger partial charge is 0.195 e. The van der Waals surface area contributed by atoms with Gasteiger partial charge in [0.1, 0.15) is 0 Å². The van der Waals surface area contributed by atoms with E-state index in [1.807, 2.05) is 12.1 Å². The number of fused-ring (bicyclic) bond motifs is 3. The molecular weight excluding hydrogens is 254 g/mol. The van der Waals surface area contributed by atoms with Gasteiger partial charge in [0.2, 0.25) is 0 Å². The van der Waals surface area contributed by atoms with Crippen LogP contribution in [0.3, 0.4) is 0 Å². The van der Waals surface area contributed by atoms with Gasteiger partial charge in [0, 0.05) is 5.41 Å². The zero-order valence-corrected chi connectivity index (χ0v) is 13.4. The van der Waals surface area contributed by atoms with Gasteiger partial charge in [0.05, 0.1) is 6.57 Å². The van der Waals surface area contributed by atoms with Crippen molar-refractivity contribution in [3.8, 4) is 11.1 Å². The Balaban J connectivity index is 2.34. The summed E-state index contributed by atoms with van der Waals surface area (Å²) in [7, 11) is 0. The lowest BCUT2D eigenvalue weighted by atomic mass is 9.79. The van der Waals surface area contributed by atoms with Crippen molar-refractivity contribution in [1.29, 1.82) is 0 Å². The highest BCUT2D eigenvalue weighted by molar-refractivity contribution is 5.90. The van der Waals surface area contributed by atoms with E-state index in [4.69, 9.17) is 6.57 Å².